The highest BCUT2D eigenvalue weighted by Gasteiger charge is 2.23. The van der Waals surface area contributed by atoms with Gasteiger partial charge in [-0.05, 0) is 53.8 Å². The third-order valence-corrected chi connectivity index (χ3v) is 5.87. The number of carbonyl (C=O) groups is 2. The zero-order chi connectivity index (χ0) is 27.7. The maximum Gasteiger partial charge on any atom is 0.257 e. The van der Waals surface area contributed by atoms with Crippen molar-refractivity contribution in [1.82, 2.24) is 16.0 Å². The molecular weight excluding hydrogens is 502 g/mol. The van der Waals surface area contributed by atoms with Gasteiger partial charge in [0, 0.05) is 19.2 Å². The highest BCUT2D eigenvalue weighted by molar-refractivity contribution is 5.96. The Labute approximate surface area is 218 Å². The number of halogens is 4. The molecule has 10 heteroatoms. The Morgan fingerprint density at radius 3 is 2.16 bits per heavy atom. The fourth-order valence-electron chi connectivity index (χ4n) is 3.95. The number of rotatable bonds is 12. The Morgan fingerprint density at radius 1 is 0.868 bits per heavy atom. The second-order valence-electron chi connectivity index (χ2n) is 8.81. The molecule has 202 valence electrons. The molecule has 0 aliphatic rings. The van der Waals surface area contributed by atoms with Crippen molar-refractivity contribution in [3.63, 3.8) is 0 Å². The summed E-state index contributed by atoms with van der Waals surface area (Å²) in [4.78, 5) is 24.7. The summed E-state index contributed by atoms with van der Waals surface area (Å²) in [6.45, 7) is 1.86. The second kappa shape index (κ2) is 13.7. The molecule has 2 amide bonds. The zero-order valence-corrected chi connectivity index (χ0v) is 20.7. The first-order valence-electron chi connectivity index (χ1n) is 12.1. The average molecular weight is 532 g/mol. The number of benzene rings is 3. The highest BCUT2D eigenvalue weighted by Crippen LogP contribution is 2.13. The smallest absolute Gasteiger partial charge is 0.257 e. The first-order chi connectivity index (χ1) is 18.2. The van der Waals surface area contributed by atoms with Gasteiger partial charge in [0.1, 0.15) is 28.8 Å². The molecule has 0 aliphatic heterocycles. The molecule has 38 heavy (non-hydrogen) atoms. The number of carbonyl (C=O) groups excluding carboxylic acids is 2. The van der Waals surface area contributed by atoms with Crippen LogP contribution in [0.25, 0.3) is 0 Å². The van der Waals surface area contributed by atoms with Crippen LogP contribution in [0, 0.1) is 23.3 Å². The van der Waals surface area contributed by atoms with Gasteiger partial charge in [0.2, 0.25) is 5.91 Å². The molecule has 0 aromatic heterocycles. The maximum absolute atomic E-state index is 13.8. The Bertz CT molecular complexity index is 1230. The Balaban J connectivity index is 1.65. The van der Waals surface area contributed by atoms with Gasteiger partial charge in [-0.2, -0.15) is 0 Å². The minimum absolute atomic E-state index is 0.0336. The van der Waals surface area contributed by atoms with Gasteiger partial charge in [-0.25, -0.2) is 17.6 Å². The van der Waals surface area contributed by atoms with Gasteiger partial charge in [-0.1, -0.05) is 37.3 Å². The number of amides is 2. The van der Waals surface area contributed by atoms with E-state index in [-0.39, 0.29) is 18.5 Å². The van der Waals surface area contributed by atoms with E-state index in [1.54, 1.807) is 0 Å². The molecule has 0 saturated heterocycles. The number of aliphatic hydroxyl groups excluding tert-OH is 1. The van der Waals surface area contributed by atoms with E-state index in [2.05, 4.69) is 16.0 Å². The normalized spacial score (nSPS) is 12.6. The van der Waals surface area contributed by atoms with E-state index >= 15 is 0 Å². The Hall–Kier alpha value is -3.76. The summed E-state index contributed by atoms with van der Waals surface area (Å²) in [5.74, 6) is -5.69. The standard InChI is InChI=1S/C28H29F4N3O3/c1-2-17-5-3-6-18(9-17)14-33-15-25(36)24(12-19-10-20(29)13-21(30)11-19)35-26(37)16-34-28(38)27-22(31)7-4-8-23(27)32/h3-11,13,24-25,33,36H,2,12,14-16H2,1H3,(H,34,38)(H,35,37)/t24-,25+/m0/s1. The van der Waals surface area contributed by atoms with Crippen molar-refractivity contribution >= 4 is 11.8 Å². The minimum Gasteiger partial charge on any atom is -0.390 e. The van der Waals surface area contributed by atoms with Crippen LogP contribution in [0.15, 0.2) is 60.7 Å². The Morgan fingerprint density at radius 2 is 1.50 bits per heavy atom. The molecule has 3 aromatic carbocycles. The van der Waals surface area contributed by atoms with Gasteiger partial charge in [-0.3, -0.25) is 9.59 Å². The van der Waals surface area contributed by atoms with Crippen molar-refractivity contribution in [2.75, 3.05) is 13.1 Å². The molecule has 0 unspecified atom stereocenters. The lowest BCUT2D eigenvalue weighted by Crippen LogP contribution is -2.51. The molecule has 4 N–H and O–H groups in total. The maximum atomic E-state index is 13.8. The van der Waals surface area contributed by atoms with E-state index in [0.717, 1.165) is 47.9 Å². The van der Waals surface area contributed by atoms with Crippen LogP contribution in [0.4, 0.5) is 17.6 Å². The largest absolute Gasteiger partial charge is 0.390 e. The summed E-state index contributed by atoms with van der Waals surface area (Å²) in [5.41, 5.74) is 1.51. The van der Waals surface area contributed by atoms with Crippen molar-refractivity contribution in [2.45, 2.75) is 38.5 Å². The molecule has 3 rings (SSSR count). The fraction of sp³-hybridized carbons (Fsp3) is 0.286. The van der Waals surface area contributed by atoms with Crippen molar-refractivity contribution < 1.29 is 32.3 Å². The summed E-state index contributed by atoms with van der Waals surface area (Å²) >= 11 is 0. The molecule has 3 aromatic rings. The summed E-state index contributed by atoms with van der Waals surface area (Å²) in [6.07, 6.45) is -0.432. The number of hydrogen-bond donors (Lipinski definition) is 4. The van der Waals surface area contributed by atoms with E-state index < -0.39 is 59.3 Å². The first-order valence-corrected chi connectivity index (χ1v) is 12.1. The molecule has 0 bridgehead atoms. The number of aryl methyl sites for hydroxylation is 1. The van der Waals surface area contributed by atoms with E-state index in [1.807, 2.05) is 31.2 Å². The minimum atomic E-state index is -1.18. The van der Waals surface area contributed by atoms with Crippen LogP contribution in [-0.4, -0.2) is 42.2 Å². The van der Waals surface area contributed by atoms with Crippen molar-refractivity contribution in [3.05, 3.63) is 106 Å². The highest BCUT2D eigenvalue weighted by atomic mass is 19.1. The lowest BCUT2D eigenvalue weighted by atomic mass is 10.0. The van der Waals surface area contributed by atoms with E-state index in [1.165, 1.54) is 0 Å². The van der Waals surface area contributed by atoms with Crippen molar-refractivity contribution in [2.24, 2.45) is 0 Å². The van der Waals surface area contributed by atoms with Crippen molar-refractivity contribution in [3.8, 4) is 0 Å². The predicted octanol–water partition coefficient (Wildman–Crippen LogP) is 3.41. The van der Waals surface area contributed by atoms with Gasteiger partial charge < -0.3 is 21.1 Å². The second-order valence-corrected chi connectivity index (χ2v) is 8.81. The quantitative estimate of drug-likeness (QED) is 0.270. The fourth-order valence-corrected chi connectivity index (χ4v) is 3.95. The van der Waals surface area contributed by atoms with Gasteiger partial charge in [-0.15, -0.1) is 0 Å². The predicted molar refractivity (Wildman–Crippen MR) is 134 cm³/mol. The lowest BCUT2D eigenvalue weighted by Gasteiger charge is -2.25. The van der Waals surface area contributed by atoms with Crippen LogP contribution in [0.1, 0.15) is 34.0 Å². The van der Waals surface area contributed by atoms with Crippen LogP contribution >= 0.6 is 0 Å². The third-order valence-electron chi connectivity index (χ3n) is 5.87. The number of nitrogens with one attached hydrogen (secondary N) is 3. The van der Waals surface area contributed by atoms with Crippen LogP contribution < -0.4 is 16.0 Å². The molecule has 0 heterocycles. The zero-order valence-electron chi connectivity index (χ0n) is 20.7. The first kappa shape index (κ1) is 28.8. The molecular formula is C28H29F4N3O3. The molecule has 0 fully saturated rings. The van der Waals surface area contributed by atoms with Gasteiger partial charge in [0.15, 0.2) is 0 Å². The summed E-state index contributed by atoms with van der Waals surface area (Å²) in [6, 6.07) is 12.7. The lowest BCUT2D eigenvalue weighted by molar-refractivity contribution is -0.121. The van der Waals surface area contributed by atoms with Crippen LogP contribution in [0.2, 0.25) is 0 Å². The monoisotopic (exact) mass is 531 g/mol. The number of hydrogen-bond acceptors (Lipinski definition) is 4. The summed E-state index contributed by atoms with van der Waals surface area (Å²) < 4.78 is 55.1. The van der Waals surface area contributed by atoms with E-state index in [9.17, 15) is 32.3 Å². The topological polar surface area (TPSA) is 90.5 Å². The van der Waals surface area contributed by atoms with E-state index in [0.29, 0.717) is 12.6 Å². The Kier molecular flexibility index (Phi) is 10.4. The molecule has 6 nitrogen and oxygen atoms in total. The summed E-state index contributed by atoms with van der Waals surface area (Å²) in [7, 11) is 0. The molecule has 0 aliphatic carbocycles. The van der Waals surface area contributed by atoms with Crippen LogP contribution in [0.3, 0.4) is 0 Å². The van der Waals surface area contributed by atoms with Crippen molar-refractivity contribution in [1.29, 1.82) is 0 Å². The SMILES string of the molecule is CCc1cccc(CNC[C@@H](O)[C@H](Cc2cc(F)cc(F)c2)NC(=O)CNC(=O)c2c(F)cccc2F)c1. The molecule has 0 saturated carbocycles. The molecule has 0 radical (unpaired) electrons. The van der Waals surface area contributed by atoms with Crippen LogP contribution in [-0.2, 0) is 24.2 Å². The van der Waals surface area contributed by atoms with Gasteiger partial charge >= 0.3 is 0 Å². The number of aliphatic hydroxyl groups is 1. The average Bonchev–Trinajstić information content (AvgIpc) is 2.86. The third kappa shape index (κ3) is 8.39. The summed E-state index contributed by atoms with van der Waals surface area (Å²) in [5, 5.41) is 18.6. The van der Waals surface area contributed by atoms with Gasteiger partial charge in [0.25, 0.3) is 5.91 Å². The molecule has 2 atom stereocenters. The molecule has 0 spiro atoms. The van der Waals surface area contributed by atoms with Crippen LogP contribution in [0.5, 0.6) is 0 Å². The van der Waals surface area contributed by atoms with Gasteiger partial charge in [0.05, 0.1) is 18.7 Å². The van der Waals surface area contributed by atoms with E-state index in [4.69, 9.17) is 0 Å².